The van der Waals surface area contributed by atoms with Crippen molar-refractivity contribution in [2.45, 2.75) is 44.4 Å². The normalized spacial score (nSPS) is 42.1. The van der Waals surface area contributed by atoms with Crippen LogP contribution in [0.15, 0.2) is 0 Å². The first-order valence-electron chi connectivity index (χ1n) is 7.84. The number of aliphatic hydroxyl groups excluding tert-OH is 1. The molecule has 4 atom stereocenters. The lowest BCUT2D eigenvalue weighted by molar-refractivity contribution is -0.233. The summed E-state index contributed by atoms with van der Waals surface area (Å²) >= 11 is 0. The second-order valence-electron chi connectivity index (χ2n) is 7.04. The SMILES string of the molecule is CC1(C)C2OCCCC2C1(N)C(=O)N1CCOCC1CO. The fourth-order valence-corrected chi connectivity index (χ4v) is 4.32. The second kappa shape index (κ2) is 5.19. The first-order chi connectivity index (χ1) is 9.94. The Labute approximate surface area is 125 Å². The van der Waals surface area contributed by atoms with Crippen LogP contribution < -0.4 is 5.73 Å². The summed E-state index contributed by atoms with van der Waals surface area (Å²) in [4.78, 5) is 14.8. The molecule has 0 spiro atoms. The molecule has 0 bridgehead atoms. The minimum absolute atomic E-state index is 0.0541. The third kappa shape index (κ3) is 1.96. The van der Waals surface area contributed by atoms with Gasteiger partial charge in [0, 0.05) is 24.5 Å². The van der Waals surface area contributed by atoms with E-state index in [9.17, 15) is 9.90 Å². The molecule has 2 heterocycles. The molecule has 1 aliphatic carbocycles. The van der Waals surface area contributed by atoms with Crippen LogP contribution in [0.1, 0.15) is 26.7 Å². The van der Waals surface area contributed by atoms with E-state index < -0.39 is 5.54 Å². The number of rotatable bonds is 2. The number of aliphatic hydroxyl groups is 1. The van der Waals surface area contributed by atoms with Crippen LogP contribution in [0.5, 0.6) is 0 Å². The van der Waals surface area contributed by atoms with E-state index in [2.05, 4.69) is 0 Å². The van der Waals surface area contributed by atoms with Gasteiger partial charge in [0.25, 0.3) is 0 Å². The molecule has 3 fully saturated rings. The molecule has 1 amide bonds. The van der Waals surface area contributed by atoms with E-state index in [1.54, 1.807) is 4.90 Å². The number of nitrogens with two attached hydrogens (primary N) is 1. The number of morpholine rings is 1. The van der Waals surface area contributed by atoms with Gasteiger partial charge in [-0.1, -0.05) is 13.8 Å². The highest BCUT2D eigenvalue weighted by molar-refractivity contribution is 5.90. The second-order valence-corrected chi connectivity index (χ2v) is 7.04. The Kier molecular flexibility index (Phi) is 3.76. The van der Waals surface area contributed by atoms with Crippen LogP contribution >= 0.6 is 0 Å². The molecule has 0 radical (unpaired) electrons. The zero-order valence-corrected chi connectivity index (χ0v) is 12.9. The minimum atomic E-state index is -0.900. The third-order valence-corrected chi connectivity index (χ3v) is 5.74. The number of ether oxygens (including phenoxy) is 2. The van der Waals surface area contributed by atoms with Crippen molar-refractivity contribution >= 4 is 5.91 Å². The number of carbonyl (C=O) groups is 1. The van der Waals surface area contributed by atoms with Gasteiger partial charge in [-0.2, -0.15) is 0 Å². The van der Waals surface area contributed by atoms with E-state index in [-0.39, 0.29) is 36.0 Å². The lowest BCUT2D eigenvalue weighted by Crippen LogP contribution is -2.83. The Morgan fingerprint density at radius 3 is 2.90 bits per heavy atom. The number of amides is 1. The quantitative estimate of drug-likeness (QED) is 0.733. The largest absolute Gasteiger partial charge is 0.394 e. The highest BCUT2D eigenvalue weighted by atomic mass is 16.5. The zero-order valence-electron chi connectivity index (χ0n) is 12.9. The summed E-state index contributed by atoms with van der Waals surface area (Å²) in [5, 5.41) is 9.49. The average molecular weight is 298 g/mol. The summed E-state index contributed by atoms with van der Waals surface area (Å²) < 4.78 is 11.2. The van der Waals surface area contributed by atoms with Gasteiger partial charge in [-0.05, 0) is 12.8 Å². The average Bonchev–Trinajstić information content (AvgIpc) is 2.53. The van der Waals surface area contributed by atoms with Crippen LogP contribution in [0.2, 0.25) is 0 Å². The zero-order chi connectivity index (χ0) is 15.3. The Morgan fingerprint density at radius 1 is 1.43 bits per heavy atom. The highest BCUT2D eigenvalue weighted by Crippen LogP contribution is 2.58. The molecule has 120 valence electrons. The first-order valence-corrected chi connectivity index (χ1v) is 7.84. The molecule has 3 N–H and O–H groups in total. The van der Waals surface area contributed by atoms with Gasteiger partial charge in [0.15, 0.2) is 0 Å². The summed E-state index contributed by atoms with van der Waals surface area (Å²) in [7, 11) is 0. The minimum Gasteiger partial charge on any atom is -0.394 e. The summed E-state index contributed by atoms with van der Waals surface area (Å²) in [6, 6.07) is -0.286. The topological polar surface area (TPSA) is 85.0 Å². The fourth-order valence-electron chi connectivity index (χ4n) is 4.32. The monoisotopic (exact) mass is 298 g/mol. The number of nitrogens with zero attached hydrogens (tertiary/aromatic N) is 1. The van der Waals surface area contributed by atoms with E-state index in [1.807, 2.05) is 13.8 Å². The summed E-state index contributed by atoms with van der Waals surface area (Å²) in [5.74, 6) is 0.0255. The van der Waals surface area contributed by atoms with E-state index in [4.69, 9.17) is 15.2 Å². The van der Waals surface area contributed by atoms with Crippen LogP contribution in [-0.4, -0.2) is 66.6 Å². The van der Waals surface area contributed by atoms with E-state index in [0.717, 1.165) is 19.4 Å². The van der Waals surface area contributed by atoms with Gasteiger partial charge in [0.05, 0.1) is 32.0 Å². The molecule has 6 nitrogen and oxygen atoms in total. The van der Waals surface area contributed by atoms with E-state index in [0.29, 0.717) is 19.8 Å². The predicted octanol–water partition coefficient (Wildman–Crippen LogP) is -0.261. The molecule has 2 saturated heterocycles. The lowest BCUT2D eigenvalue weighted by atomic mass is 9.46. The van der Waals surface area contributed by atoms with Crippen molar-refractivity contribution in [2.24, 2.45) is 17.1 Å². The molecular weight excluding hydrogens is 272 g/mol. The van der Waals surface area contributed by atoms with Gasteiger partial charge in [-0.25, -0.2) is 0 Å². The molecule has 0 aromatic carbocycles. The fraction of sp³-hybridized carbons (Fsp3) is 0.933. The molecule has 3 aliphatic rings. The van der Waals surface area contributed by atoms with Gasteiger partial charge in [0.1, 0.15) is 5.54 Å². The number of carbonyl (C=O) groups excluding carboxylic acids is 1. The molecule has 0 aromatic rings. The maximum absolute atomic E-state index is 13.1. The van der Waals surface area contributed by atoms with Crippen LogP contribution in [0, 0.1) is 11.3 Å². The number of fused-ring (bicyclic) bond motifs is 1. The standard InChI is InChI=1S/C15H26N2O4/c1-14(2)12-11(4-3-6-21-12)15(14,16)13(19)17-5-7-20-9-10(17)8-18/h10-12,18H,3-9,16H2,1-2H3. The highest BCUT2D eigenvalue weighted by Gasteiger charge is 2.71. The maximum Gasteiger partial charge on any atom is 0.244 e. The molecule has 0 aromatic heterocycles. The van der Waals surface area contributed by atoms with Crippen molar-refractivity contribution in [3.8, 4) is 0 Å². The molecule has 21 heavy (non-hydrogen) atoms. The van der Waals surface area contributed by atoms with E-state index in [1.165, 1.54) is 0 Å². The van der Waals surface area contributed by atoms with Crippen molar-refractivity contribution in [3.63, 3.8) is 0 Å². The van der Waals surface area contributed by atoms with Crippen molar-refractivity contribution in [2.75, 3.05) is 33.0 Å². The van der Waals surface area contributed by atoms with Gasteiger partial charge < -0.3 is 25.2 Å². The van der Waals surface area contributed by atoms with Crippen LogP contribution in [0.25, 0.3) is 0 Å². The Hall–Kier alpha value is -0.690. The summed E-state index contributed by atoms with van der Waals surface area (Å²) in [6.07, 6.45) is 1.95. The molecule has 4 unspecified atom stereocenters. The Morgan fingerprint density at radius 2 is 2.19 bits per heavy atom. The van der Waals surface area contributed by atoms with Crippen LogP contribution in [0.4, 0.5) is 0 Å². The smallest absolute Gasteiger partial charge is 0.244 e. The summed E-state index contributed by atoms with van der Waals surface area (Å²) in [5.41, 5.74) is 5.35. The van der Waals surface area contributed by atoms with Gasteiger partial charge in [-0.3, -0.25) is 4.79 Å². The Bertz CT molecular complexity index is 428. The summed E-state index contributed by atoms with van der Waals surface area (Å²) in [6.45, 7) is 6.08. The molecule has 3 rings (SSSR count). The van der Waals surface area contributed by atoms with Crippen LogP contribution in [0.3, 0.4) is 0 Å². The molecule has 2 aliphatic heterocycles. The maximum atomic E-state index is 13.1. The van der Waals surface area contributed by atoms with Gasteiger partial charge in [0.2, 0.25) is 5.91 Å². The number of hydrogen-bond donors (Lipinski definition) is 2. The van der Waals surface area contributed by atoms with Crippen molar-refractivity contribution in [1.29, 1.82) is 0 Å². The molecule has 6 heteroatoms. The first kappa shape index (κ1) is 15.2. The van der Waals surface area contributed by atoms with Crippen molar-refractivity contribution in [1.82, 2.24) is 4.90 Å². The predicted molar refractivity (Wildman–Crippen MR) is 76.6 cm³/mol. The number of hydrogen-bond acceptors (Lipinski definition) is 5. The van der Waals surface area contributed by atoms with E-state index >= 15 is 0 Å². The van der Waals surface area contributed by atoms with Crippen LogP contribution in [-0.2, 0) is 14.3 Å². The van der Waals surface area contributed by atoms with Gasteiger partial charge in [-0.15, -0.1) is 0 Å². The van der Waals surface area contributed by atoms with Crippen molar-refractivity contribution in [3.05, 3.63) is 0 Å². The lowest BCUT2D eigenvalue weighted by Gasteiger charge is -2.66. The van der Waals surface area contributed by atoms with Crippen molar-refractivity contribution < 1.29 is 19.4 Å². The third-order valence-electron chi connectivity index (χ3n) is 5.74. The van der Waals surface area contributed by atoms with Gasteiger partial charge >= 0.3 is 0 Å². The molecular formula is C15H26N2O4. The Balaban J connectivity index is 1.85. The molecule has 1 saturated carbocycles.